The summed E-state index contributed by atoms with van der Waals surface area (Å²) >= 11 is 0. The minimum atomic E-state index is -0.0412. The highest BCUT2D eigenvalue weighted by Crippen LogP contribution is 2.25. The Hall–Kier alpha value is -1.41. The predicted molar refractivity (Wildman–Crippen MR) is 74.7 cm³/mol. The molecule has 0 amide bonds. The third-order valence-electron chi connectivity index (χ3n) is 3.49. The van der Waals surface area contributed by atoms with Crippen molar-refractivity contribution in [3.8, 4) is 0 Å². The third-order valence-corrected chi connectivity index (χ3v) is 3.49. The highest BCUT2D eigenvalue weighted by atomic mass is 16.1. The molecule has 1 aliphatic rings. The number of hydrogen-bond donors (Lipinski definition) is 1. The first-order valence-electron chi connectivity index (χ1n) is 6.46. The average molecular weight is 243 g/mol. The first kappa shape index (κ1) is 13.0. The number of benzene rings is 1. The molecule has 2 rings (SSSR count). The number of Topliss-reactive ketones (excluding diaryl/α,β-unsaturated/α-hetero) is 1. The van der Waals surface area contributed by atoms with E-state index >= 15 is 0 Å². The number of carbonyl (C=O) groups is 1. The van der Waals surface area contributed by atoms with Crippen LogP contribution >= 0.6 is 0 Å². The van der Waals surface area contributed by atoms with E-state index in [-0.39, 0.29) is 23.2 Å². The van der Waals surface area contributed by atoms with Crippen LogP contribution < -0.4 is 5.73 Å². The highest BCUT2D eigenvalue weighted by Gasteiger charge is 2.24. The van der Waals surface area contributed by atoms with E-state index < -0.39 is 0 Å². The quantitative estimate of drug-likeness (QED) is 0.641. The Bertz CT molecular complexity index is 465. The van der Waals surface area contributed by atoms with E-state index in [0.717, 1.165) is 12.0 Å². The van der Waals surface area contributed by atoms with Crippen LogP contribution in [0.4, 0.5) is 0 Å². The van der Waals surface area contributed by atoms with E-state index in [2.05, 4.69) is 20.8 Å². The van der Waals surface area contributed by atoms with Crippen molar-refractivity contribution in [2.75, 3.05) is 0 Å². The van der Waals surface area contributed by atoms with Gasteiger partial charge in [0, 0.05) is 17.5 Å². The molecule has 0 bridgehead atoms. The minimum Gasteiger partial charge on any atom is -0.324 e. The second kappa shape index (κ2) is 4.69. The zero-order chi connectivity index (χ0) is 13.3. The van der Waals surface area contributed by atoms with Gasteiger partial charge in [0.05, 0.1) is 0 Å². The zero-order valence-corrected chi connectivity index (χ0v) is 11.3. The first-order chi connectivity index (χ1) is 8.38. The molecule has 2 heteroatoms. The normalized spacial score (nSPS) is 23.3. The van der Waals surface area contributed by atoms with E-state index in [1.807, 2.05) is 36.4 Å². The van der Waals surface area contributed by atoms with Crippen LogP contribution in [-0.4, -0.2) is 11.8 Å². The number of ketones is 1. The summed E-state index contributed by atoms with van der Waals surface area (Å²) < 4.78 is 0. The summed E-state index contributed by atoms with van der Waals surface area (Å²) in [7, 11) is 0. The van der Waals surface area contributed by atoms with Gasteiger partial charge in [0.1, 0.15) is 0 Å². The Morgan fingerprint density at radius 1 is 1.17 bits per heavy atom. The molecule has 1 aromatic rings. The molecule has 18 heavy (non-hydrogen) atoms. The molecule has 1 aliphatic carbocycles. The largest absolute Gasteiger partial charge is 0.324 e. The molecule has 1 aromatic carbocycles. The fourth-order valence-electron chi connectivity index (χ4n) is 2.27. The van der Waals surface area contributed by atoms with Crippen molar-refractivity contribution in [3.63, 3.8) is 0 Å². The van der Waals surface area contributed by atoms with Gasteiger partial charge in [-0.15, -0.1) is 0 Å². The van der Waals surface area contributed by atoms with Gasteiger partial charge in [-0.2, -0.15) is 0 Å². The molecule has 0 saturated carbocycles. The van der Waals surface area contributed by atoms with Crippen LogP contribution in [0.25, 0.3) is 0 Å². The van der Waals surface area contributed by atoms with E-state index in [1.54, 1.807) is 0 Å². The van der Waals surface area contributed by atoms with Crippen molar-refractivity contribution >= 4 is 5.78 Å². The van der Waals surface area contributed by atoms with Gasteiger partial charge in [-0.3, -0.25) is 4.79 Å². The van der Waals surface area contributed by atoms with Crippen molar-refractivity contribution in [1.29, 1.82) is 0 Å². The molecule has 0 fully saturated rings. The Morgan fingerprint density at radius 2 is 1.78 bits per heavy atom. The summed E-state index contributed by atoms with van der Waals surface area (Å²) in [6.07, 6.45) is 4.59. The summed E-state index contributed by atoms with van der Waals surface area (Å²) in [6.45, 7) is 6.51. The molecule has 0 aromatic heterocycles. The van der Waals surface area contributed by atoms with Gasteiger partial charge in [-0.25, -0.2) is 0 Å². The van der Waals surface area contributed by atoms with Crippen molar-refractivity contribution in [3.05, 3.63) is 47.5 Å². The molecule has 0 saturated heterocycles. The molecular weight excluding hydrogens is 222 g/mol. The van der Waals surface area contributed by atoms with Crippen LogP contribution in [0.3, 0.4) is 0 Å². The maximum Gasteiger partial charge on any atom is 0.169 e. The summed E-state index contributed by atoms with van der Waals surface area (Å²) in [5.74, 6) is 0.139. The molecule has 96 valence electrons. The summed E-state index contributed by atoms with van der Waals surface area (Å²) in [5, 5.41) is 0. The Morgan fingerprint density at radius 3 is 2.22 bits per heavy atom. The van der Waals surface area contributed by atoms with Crippen molar-refractivity contribution in [2.45, 2.75) is 38.6 Å². The highest BCUT2D eigenvalue weighted by molar-refractivity contribution is 5.99. The van der Waals surface area contributed by atoms with Gasteiger partial charge in [0.2, 0.25) is 0 Å². The third kappa shape index (κ3) is 2.70. The monoisotopic (exact) mass is 243 g/mol. The van der Waals surface area contributed by atoms with E-state index in [4.69, 9.17) is 5.73 Å². The number of rotatable bonds is 2. The Balaban J connectivity index is 2.15. The van der Waals surface area contributed by atoms with E-state index in [9.17, 15) is 4.79 Å². The second-order valence-corrected chi connectivity index (χ2v) is 6.08. The van der Waals surface area contributed by atoms with Crippen LogP contribution in [0.15, 0.2) is 36.4 Å². The van der Waals surface area contributed by atoms with Gasteiger partial charge < -0.3 is 5.73 Å². The standard InChI is InChI=1S/C16H21NO/c1-16(2,3)13-7-4-11(5-8-13)15(18)12-6-9-14(17)10-12/h4-9,12,14H,10,17H2,1-3H3. The molecule has 0 heterocycles. The smallest absolute Gasteiger partial charge is 0.169 e. The summed E-state index contributed by atoms with van der Waals surface area (Å²) in [4.78, 5) is 12.2. The molecule has 2 N–H and O–H groups in total. The number of nitrogens with two attached hydrogens (primary N) is 1. The lowest BCUT2D eigenvalue weighted by molar-refractivity contribution is 0.0943. The molecule has 0 radical (unpaired) electrons. The topological polar surface area (TPSA) is 43.1 Å². The second-order valence-electron chi connectivity index (χ2n) is 6.08. The van der Waals surface area contributed by atoms with Crippen molar-refractivity contribution < 1.29 is 4.79 Å². The van der Waals surface area contributed by atoms with Gasteiger partial charge >= 0.3 is 0 Å². The van der Waals surface area contributed by atoms with Crippen molar-refractivity contribution in [1.82, 2.24) is 0 Å². The number of carbonyl (C=O) groups excluding carboxylic acids is 1. The van der Waals surface area contributed by atoms with Crippen LogP contribution in [0, 0.1) is 5.92 Å². The van der Waals surface area contributed by atoms with Crippen LogP contribution in [0.5, 0.6) is 0 Å². The number of hydrogen-bond acceptors (Lipinski definition) is 2. The fourth-order valence-corrected chi connectivity index (χ4v) is 2.27. The average Bonchev–Trinajstić information content (AvgIpc) is 2.74. The van der Waals surface area contributed by atoms with Crippen molar-refractivity contribution in [2.24, 2.45) is 11.7 Å². The molecule has 2 unspecified atom stereocenters. The maximum absolute atomic E-state index is 12.2. The van der Waals surface area contributed by atoms with Gasteiger partial charge in [-0.05, 0) is 17.4 Å². The summed E-state index contributed by atoms with van der Waals surface area (Å²) in [5.41, 5.74) is 7.94. The molecule has 0 aliphatic heterocycles. The lowest BCUT2D eigenvalue weighted by Gasteiger charge is -2.19. The van der Waals surface area contributed by atoms with Crippen LogP contribution in [0.1, 0.15) is 43.1 Å². The lowest BCUT2D eigenvalue weighted by Crippen LogP contribution is -2.19. The predicted octanol–water partition coefficient (Wildman–Crippen LogP) is 3.07. The van der Waals surface area contributed by atoms with Gasteiger partial charge in [0.15, 0.2) is 5.78 Å². The van der Waals surface area contributed by atoms with E-state index in [1.165, 1.54) is 5.56 Å². The number of allylic oxidation sites excluding steroid dienone is 1. The van der Waals surface area contributed by atoms with Gasteiger partial charge in [0.25, 0.3) is 0 Å². The maximum atomic E-state index is 12.2. The Labute approximate surface area is 109 Å². The van der Waals surface area contributed by atoms with Crippen LogP contribution in [0.2, 0.25) is 0 Å². The lowest BCUT2D eigenvalue weighted by atomic mass is 9.86. The molecule has 2 atom stereocenters. The zero-order valence-electron chi connectivity index (χ0n) is 11.3. The molecular formula is C16H21NO. The first-order valence-corrected chi connectivity index (χ1v) is 6.46. The molecule has 2 nitrogen and oxygen atoms in total. The Kier molecular flexibility index (Phi) is 3.40. The SMILES string of the molecule is CC(C)(C)c1ccc(C(=O)C2C=CC(N)C2)cc1. The van der Waals surface area contributed by atoms with E-state index in [0.29, 0.717) is 0 Å². The molecule has 0 spiro atoms. The van der Waals surface area contributed by atoms with Gasteiger partial charge in [-0.1, -0.05) is 57.2 Å². The minimum absolute atomic E-state index is 0.0350. The fraction of sp³-hybridized carbons (Fsp3) is 0.438. The summed E-state index contributed by atoms with van der Waals surface area (Å²) in [6, 6.07) is 7.99. The van der Waals surface area contributed by atoms with Crippen LogP contribution in [-0.2, 0) is 5.41 Å².